The molecule has 3 rings (SSSR count). The fourth-order valence-corrected chi connectivity index (χ4v) is 3.16. The van der Waals surface area contributed by atoms with Crippen molar-refractivity contribution in [2.45, 2.75) is 6.54 Å². The van der Waals surface area contributed by atoms with E-state index >= 15 is 0 Å². The Kier molecular flexibility index (Phi) is 8.28. The van der Waals surface area contributed by atoms with Crippen LogP contribution >= 0.6 is 24.0 Å². The molecular weight excluding hydrogens is 477 g/mol. The summed E-state index contributed by atoms with van der Waals surface area (Å²) in [6.45, 7) is 3.72. The van der Waals surface area contributed by atoms with Crippen LogP contribution in [0, 0.1) is 11.6 Å². The molecule has 0 unspecified atom stereocenters. The van der Waals surface area contributed by atoms with E-state index in [0.29, 0.717) is 6.54 Å². The van der Waals surface area contributed by atoms with Crippen LogP contribution in [0.5, 0.6) is 5.75 Å². The van der Waals surface area contributed by atoms with Crippen molar-refractivity contribution in [1.82, 2.24) is 10.2 Å². The highest BCUT2D eigenvalue weighted by Crippen LogP contribution is 2.18. The Labute approximate surface area is 181 Å². The van der Waals surface area contributed by atoms with Crippen molar-refractivity contribution in [2.24, 2.45) is 4.99 Å². The summed E-state index contributed by atoms with van der Waals surface area (Å²) in [6.07, 6.45) is 0. The molecular formula is C20H25F2IN4O. The monoisotopic (exact) mass is 502 g/mol. The molecule has 0 amide bonds. The number of methoxy groups -OCH3 is 1. The van der Waals surface area contributed by atoms with Gasteiger partial charge in [-0.3, -0.25) is 4.99 Å². The van der Waals surface area contributed by atoms with Crippen LogP contribution in [0.15, 0.2) is 47.5 Å². The molecule has 1 N–H and O–H groups in total. The zero-order valence-electron chi connectivity index (χ0n) is 16.0. The van der Waals surface area contributed by atoms with Crippen LogP contribution in [0.1, 0.15) is 5.56 Å². The summed E-state index contributed by atoms with van der Waals surface area (Å²) in [6, 6.07) is 11.5. The third-order valence-electron chi connectivity index (χ3n) is 4.65. The van der Waals surface area contributed by atoms with Gasteiger partial charge in [-0.25, -0.2) is 8.78 Å². The average Bonchev–Trinajstić information content (AvgIpc) is 2.70. The fraction of sp³-hybridized carbons (Fsp3) is 0.350. The molecule has 2 aromatic carbocycles. The predicted molar refractivity (Wildman–Crippen MR) is 119 cm³/mol. The number of nitrogens with one attached hydrogen (secondary N) is 1. The van der Waals surface area contributed by atoms with Crippen molar-refractivity contribution in [3.8, 4) is 5.75 Å². The van der Waals surface area contributed by atoms with Crippen LogP contribution in [-0.4, -0.2) is 51.2 Å². The summed E-state index contributed by atoms with van der Waals surface area (Å²) in [5.74, 6) is 0.418. The van der Waals surface area contributed by atoms with Crippen molar-refractivity contribution in [2.75, 3.05) is 45.2 Å². The van der Waals surface area contributed by atoms with Crippen LogP contribution < -0.4 is 15.0 Å². The minimum absolute atomic E-state index is 0. The minimum Gasteiger partial charge on any atom is -0.494 e. The summed E-state index contributed by atoms with van der Waals surface area (Å²) < 4.78 is 31.8. The Morgan fingerprint density at radius 2 is 1.75 bits per heavy atom. The van der Waals surface area contributed by atoms with E-state index < -0.39 is 0 Å². The second-order valence-corrected chi connectivity index (χ2v) is 6.32. The molecule has 8 heteroatoms. The first-order valence-electron chi connectivity index (χ1n) is 8.89. The Morgan fingerprint density at radius 1 is 1.07 bits per heavy atom. The van der Waals surface area contributed by atoms with Crippen LogP contribution in [0.25, 0.3) is 0 Å². The Morgan fingerprint density at radius 3 is 2.32 bits per heavy atom. The van der Waals surface area contributed by atoms with Gasteiger partial charge in [0, 0.05) is 45.5 Å². The summed E-state index contributed by atoms with van der Waals surface area (Å²) in [4.78, 5) is 8.73. The summed E-state index contributed by atoms with van der Waals surface area (Å²) >= 11 is 0. The first kappa shape index (κ1) is 22.2. The SMILES string of the molecule is CN=C(NCc1ccc(OC)c(F)c1)N1CCN(c2ccc(F)cc2)CC1.I. The maximum atomic E-state index is 13.8. The van der Waals surface area contributed by atoms with Crippen molar-refractivity contribution in [3.05, 3.63) is 59.7 Å². The van der Waals surface area contributed by atoms with E-state index in [0.717, 1.165) is 43.4 Å². The molecule has 1 aliphatic rings. The second-order valence-electron chi connectivity index (χ2n) is 6.32. The molecule has 28 heavy (non-hydrogen) atoms. The molecule has 152 valence electrons. The normalized spacial score (nSPS) is 14.5. The number of guanidine groups is 1. The van der Waals surface area contributed by atoms with Crippen LogP contribution in [0.2, 0.25) is 0 Å². The standard InChI is InChI=1S/C20H24F2N4O.HI/c1-23-20(24-14-15-3-8-19(27-2)18(22)13-15)26-11-9-25(10-12-26)17-6-4-16(21)5-7-17;/h3-8,13H,9-12,14H2,1-2H3,(H,23,24);1H. The highest BCUT2D eigenvalue weighted by molar-refractivity contribution is 14.0. The van der Waals surface area contributed by atoms with Gasteiger partial charge >= 0.3 is 0 Å². The number of ether oxygens (including phenoxy) is 1. The quantitative estimate of drug-likeness (QED) is 0.395. The number of benzene rings is 2. The number of nitrogens with zero attached hydrogens (tertiary/aromatic N) is 3. The number of halogens is 3. The van der Waals surface area contributed by atoms with E-state index in [1.54, 1.807) is 25.2 Å². The predicted octanol–water partition coefficient (Wildman–Crippen LogP) is 3.49. The highest BCUT2D eigenvalue weighted by atomic mass is 127. The van der Waals surface area contributed by atoms with Gasteiger partial charge in [-0.05, 0) is 42.0 Å². The molecule has 0 aromatic heterocycles. The van der Waals surface area contributed by atoms with Gasteiger partial charge in [-0.1, -0.05) is 6.07 Å². The fourth-order valence-electron chi connectivity index (χ4n) is 3.16. The summed E-state index contributed by atoms with van der Waals surface area (Å²) in [7, 11) is 3.19. The molecule has 1 aliphatic heterocycles. The van der Waals surface area contributed by atoms with E-state index in [4.69, 9.17) is 4.74 Å². The topological polar surface area (TPSA) is 40.1 Å². The molecule has 5 nitrogen and oxygen atoms in total. The number of piperazine rings is 1. The van der Waals surface area contributed by atoms with Gasteiger partial charge in [0.15, 0.2) is 17.5 Å². The van der Waals surface area contributed by atoms with Crippen LogP contribution in [-0.2, 0) is 6.54 Å². The Balaban J connectivity index is 0.00000280. The second kappa shape index (κ2) is 10.4. The molecule has 2 aromatic rings. The number of rotatable bonds is 4. The van der Waals surface area contributed by atoms with Gasteiger partial charge in [0.1, 0.15) is 5.82 Å². The number of hydrogen-bond acceptors (Lipinski definition) is 3. The van der Waals surface area contributed by atoms with Gasteiger partial charge in [0.05, 0.1) is 7.11 Å². The number of aliphatic imine (C=N–C) groups is 1. The number of hydrogen-bond donors (Lipinski definition) is 1. The van der Waals surface area contributed by atoms with Crippen molar-refractivity contribution in [3.63, 3.8) is 0 Å². The third-order valence-corrected chi connectivity index (χ3v) is 4.65. The van der Waals surface area contributed by atoms with Gasteiger partial charge in [-0.2, -0.15) is 0 Å². The molecule has 0 bridgehead atoms. The Bertz CT molecular complexity index is 793. The van der Waals surface area contributed by atoms with Crippen molar-refractivity contribution < 1.29 is 13.5 Å². The van der Waals surface area contributed by atoms with Crippen LogP contribution in [0.4, 0.5) is 14.5 Å². The Hall–Kier alpha value is -2.10. The molecule has 0 spiro atoms. The molecule has 1 heterocycles. The third kappa shape index (κ3) is 5.46. The molecule has 0 radical (unpaired) electrons. The van der Waals surface area contributed by atoms with Gasteiger partial charge in [-0.15, -0.1) is 24.0 Å². The van der Waals surface area contributed by atoms with Crippen molar-refractivity contribution >= 4 is 35.6 Å². The largest absolute Gasteiger partial charge is 0.494 e. The molecule has 0 atom stereocenters. The van der Waals surface area contributed by atoms with E-state index in [-0.39, 0.29) is 41.4 Å². The van der Waals surface area contributed by atoms with E-state index in [1.807, 2.05) is 6.07 Å². The smallest absolute Gasteiger partial charge is 0.194 e. The maximum Gasteiger partial charge on any atom is 0.194 e. The zero-order chi connectivity index (χ0) is 19.2. The summed E-state index contributed by atoms with van der Waals surface area (Å²) in [5.41, 5.74) is 1.84. The molecule has 0 aliphatic carbocycles. The van der Waals surface area contributed by atoms with Crippen LogP contribution in [0.3, 0.4) is 0 Å². The molecule has 1 saturated heterocycles. The van der Waals surface area contributed by atoms with E-state index in [9.17, 15) is 8.78 Å². The van der Waals surface area contributed by atoms with Gasteiger partial charge in [0.2, 0.25) is 0 Å². The average molecular weight is 502 g/mol. The highest BCUT2D eigenvalue weighted by Gasteiger charge is 2.20. The minimum atomic E-state index is -0.375. The maximum absolute atomic E-state index is 13.8. The first-order valence-corrected chi connectivity index (χ1v) is 8.89. The summed E-state index contributed by atoms with van der Waals surface area (Å²) in [5, 5.41) is 3.28. The zero-order valence-corrected chi connectivity index (χ0v) is 18.3. The lowest BCUT2D eigenvalue weighted by Crippen LogP contribution is -2.52. The van der Waals surface area contributed by atoms with E-state index in [1.165, 1.54) is 25.3 Å². The van der Waals surface area contributed by atoms with Gasteiger partial charge in [0.25, 0.3) is 0 Å². The lowest BCUT2D eigenvalue weighted by Gasteiger charge is -2.37. The lowest BCUT2D eigenvalue weighted by atomic mass is 10.2. The van der Waals surface area contributed by atoms with Crippen molar-refractivity contribution in [1.29, 1.82) is 0 Å². The number of anilines is 1. The molecule has 1 fully saturated rings. The first-order chi connectivity index (χ1) is 13.1. The van der Waals surface area contributed by atoms with E-state index in [2.05, 4.69) is 20.1 Å². The lowest BCUT2D eigenvalue weighted by molar-refractivity contribution is 0.372. The van der Waals surface area contributed by atoms with Gasteiger partial charge < -0.3 is 19.9 Å². The molecule has 0 saturated carbocycles.